The third-order valence-electron chi connectivity index (χ3n) is 6.44. The fraction of sp³-hybridized carbons (Fsp3) is 0.207. The number of rotatable bonds is 6. The Kier molecular flexibility index (Phi) is 6.54. The van der Waals surface area contributed by atoms with Crippen molar-refractivity contribution in [2.24, 2.45) is 0 Å². The maximum Gasteiger partial charge on any atom is 0.254 e. The highest BCUT2D eigenvalue weighted by Crippen LogP contribution is 2.41. The molecule has 0 radical (unpaired) electrons. The number of nitrogens with zero attached hydrogens (tertiary/aromatic N) is 3. The van der Waals surface area contributed by atoms with E-state index >= 15 is 0 Å². The molecule has 0 saturated heterocycles. The standard InChI is InChI=1S/C29H27N3O4/c1-34-21-15-26(35-2)28(27(16-21)36-3)19-10-13-32(14-11-19)29(33)23-17-25(20-7-6-12-30-18-20)31-24-9-5-4-8-22(23)24/h4-10,12,15-18H,11,13-14H2,1-3H3. The molecule has 0 atom stereocenters. The molecular weight excluding hydrogens is 454 g/mol. The van der Waals surface area contributed by atoms with Crippen LogP contribution in [0.15, 0.2) is 73.1 Å². The number of fused-ring (bicyclic) bond motifs is 1. The number of benzene rings is 2. The van der Waals surface area contributed by atoms with Crippen LogP contribution in [-0.2, 0) is 0 Å². The lowest BCUT2D eigenvalue weighted by Crippen LogP contribution is -2.35. The number of pyridine rings is 2. The first-order valence-electron chi connectivity index (χ1n) is 11.7. The van der Waals surface area contributed by atoms with Crippen LogP contribution in [0.25, 0.3) is 27.7 Å². The summed E-state index contributed by atoms with van der Waals surface area (Å²) in [4.78, 5) is 24.6. The van der Waals surface area contributed by atoms with Gasteiger partial charge in [-0.05, 0) is 36.3 Å². The Morgan fingerprint density at radius 3 is 2.36 bits per heavy atom. The van der Waals surface area contributed by atoms with Gasteiger partial charge in [0, 0.05) is 48.6 Å². The van der Waals surface area contributed by atoms with Crippen molar-refractivity contribution in [3.63, 3.8) is 0 Å². The van der Waals surface area contributed by atoms with Gasteiger partial charge in [-0.2, -0.15) is 0 Å². The molecule has 36 heavy (non-hydrogen) atoms. The zero-order valence-electron chi connectivity index (χ0n) is 20.5. The molecule has 0 unspecified atom stereocenters. The number of hydrogen-bond donors (Lipinski definition) is 0. The number of aromatic nitrogens is 2. The number of methoxy groups -OCH3 is 3. The van der Waals surface area contributed by atoms with E-state index in [1.807, 2.05) is 59.5 Å². The fourth-order valence-electron chi connectivity index (χ4n) is 4.59. The average Bonchev–Trinajstić information content (AvgIpc) is 2.96. The van der Waals surface area contributed by atoms with E-state index in [1.54, 1.807) is 33.7 Å². The minimum absolute atomic E-state index is 0.0253. The van der Waals surface area contributed by atoms with E-state index in [1.165, 1.54) is 0 Å². The van der Waals surface area contributed by atoms with Gasteiger partial charge in [-0.3, -0.25) is 9.78 Å². The Bertz CT molecular complexity index is 1420. The van der Waals surface area contributed by atoms with Gasteiger partial charge < -0.3 is 19.1 Å². The maximum atomic E-state index is 13.8. The number of amides is 1. The summed E-state index contributed by atoms with van der Waals surface area (Å²) in [6.45, 7) is 1.05. The molecule has 1 aliphatic heterocycles. The lowest BCUT2D eigenvalue weighted by atomic mass is 9.96. The van der Waals surface area contributed by atoms with Gasteiger partial charge in [0.1, 0.15) is 17.2 Å². The first-order chi connectivity index (χ1) is 17.6. The van der Waals surface area contributed by atoms with Gasteiger partial charge >= 0.3 is 0 Å². The summed E-state index contributed by atoms with van der Waals surface area (Å²) in [7, 11) is 4.87. The molecule has 1 aliphatic rings. The second kappa shape index (κ2) is 10.1. The van der Waals surface area contributed by atoms with Gasteiger partial charge in [0.15, 0.2) is 0 Å². The molecule has 4 aromatic rings. The van der Waals surface area contributed by atoms with Gasteiger partial charge in [-0.1, -0.05) is 24.3 Å². The Morgan fingerprint density at radius 1 is 0.944 bits per heavy atom. The van der Waals surface area contributed by atoms with E-state index in [0.717, 1.165) is 33.3 Å². The highest BCUT2D eigenvalue weighted by molar-refractivity contribution is 6.07. The Labute approximate surface area is 210 Å². The van der Waals surface area contributed by atoms with Crippen LogP contribution in [0.5, 0.6) is 17.2 Å². The summed E-state index contributed by atoms with van der Waals surface area (Å²) < 4.78 is 16.6. The topological polar surface area (TPSA) is 73.8 Å². The third kappa shape index (κ3) is 4.35. The van der Waals surface area contributed by atoms with Crippen LogP contribution in [0.1, 0.15) is 22.3 Å². The number of para-hydroxylation sites is 1. The molecule has 7 heteroatoms. The Hall–Kier alpha value is -4.39. The van der Waals surface area contributed by atoms with Crippen molar-refractivity contribution in [3.8, 4) is 28.5 Å². The third-order valence-corrected chi connectivity index (χ3v) is 6.44. The van der Waals surface area contributed by atoms with Crippen molar-refractivity contribution in [1.82, 2.24) is 14.9 Å². The SMILES string of the molecule is COc1cc(OC)c(C2=CCN(C(=O)c3cc(-c4cccnc4)nc4ccccc34)CC2)c(OC)c1. The van der Waals surface area contributed by atoms with Crippen LogP contribution in [0.3, 0.4) is 0 Å². The number of hydrogen-bond acceptors (Lipinski definition) is 6. The molecule has 182 valence electrons. The van der Waals surface area contributed by atoms with Crippen LogP contribution in [-0.4, -0.2) is 55.2 Å². The summed E-state index contributed by atoms with van der Waals surface area (Å²) >= 11 is 0. The van der Waals surface area contributed by atoms with Crippen LogP contribution < -0.4 is 14.2 Å². The van der Waals surface area contributed by atoms with Crippen molar-refractivity contribution in [3.05, 3.63) is 84.2 Å². The Morgan fingerprint density at radius 2 is 1.72 bits per heavy atom. The first kappa shape index (κ1) is 23.4. The van der Waals surface area contributed by atoms with E-state index in [2.05, 4.69) is 11.1 Å². The maximum absolute atomic E-state index is 13.8. The molecular formula is C29H27N3O4. The van der Waals surface area contributed by atoms with Crippen LogP contribution in [0.4, 0.5) is 0 Å². The molecule has 3 heterocycles. The summed E-state index contributed by atoms with van der Waals surface area (Å²) in [5.74, 6) is 1.99. The first-order valence-corrected chi connectivity index (χ1v) is 11.7. The quantitative estimate of drug-likeness (QED) is 0.374. The molecule has 0 bridgehead atoms. The number of carbonyl (C=O) groups is 1. The van der Waals surface area contributed by atoms with E-state index in [9.17, 15) is 4.79 Å². The Balaban J connectivity index is 1.48. The average molecular weight is 482 g/mol. The second-order valence-electron chi connectivity index (χ2n) is 8.45. The summed E-state index contributed by atoms with van der Waals surface area (Å²) in [5.41, 5.74) is 4.98. The molecule has 0 N–H and O–H groups in total. The monoisotopic (exact) mass is 481 g/mol. The van der Waals surface area contributed by atoms with E-state index in [4.69, 9.17) is 19.2 Å². The molecule has 7 nitrogen and oxygen atoms in total. The fourth-order valence-corrected chi connectivity index (χ4v) is 4.59. The predicted octanol–water partition coefficient (Wildman–Crippen LogP) is 5.25. The normalized spacial score (nSPS) is 13.3. The molecule has 0 aliphatic carbocycles. The van der Waals surface area contributed by atoms with Gasteiger partial charge in [0.2, 0.25) is 0 Å². The molecule has 2 aromatic heterocycles. The van der Waals surface area contributed by atoms with Crippen molar-refractivity contribution in [1.29, 1.82) is 0 Å². The highest BCUT2D eigenvalue weighted by atomic mass is 16.5. The summed E-state index contributed by atoms with van der Waals surface area (Å²) in [5, 5.41) is 0.836. The van der Waals surface area contributed by atoms with Crippen molar-refractivity contribution in [2.45, 2.75) is 6.42 Å². The van der Waals surface area contributed by atoms with Crippen LogP contribution in [0.2, 0.25) is 0 Å². The summed E-state index contributed by atoms with van der Waals surface area (Å²) in [6.07, 6.45) is 6.22. The van der Waals surface area contributed by atoms with Crippen molar-refractivity contribution in [2.75, 3.05) is 34.4 Å². The minimum atomic E-state index is -0.0253. The molecule has 1 amide bonds. The summed E-state index contributed by atoms with van der Waals surface area (Å²) in [6, 6.07) is 17.1. The van der Waals surface area contributed by atoms with Gasteiger partial charge in [0.25, 0.3) is 5.91 Å². The molecule has 2 aromatic carbocycles. The largest absolute Gasteiger partial charge is 0.496 e. The lowest BCUT2D eigenvalue weighted by Gasteiger charge is -2.28. The number of ether oxygens (including phenoxy) is 3. The second-order valence-corrected chi connectivity index (χ2v) is 8.45. The van der Waals surface area contributed by atoms with E-state index in [0.29, 0.717) is 42.3 Å². The smallest absolute Gasteiger partial charge is 0.254 e. The molecule has 0 fully saturated rings. The molecule has 0 saturated carbocycles. The van der Waals surface area contributed by atoms with Crippen LogP contribution in [0, 0.1) is 0 Å². The van der Waals surface area contributed by atoms with E-state index < -0.39 is 0 Å². The van der Waals surface area contributed by atoms with Gasteiger partial charge in [-0.25, -0.2) is 4.98 Å². The minimum Gasteiger partial charge on any atom is -0.496 e. The molecule has 0 spiro atoms. The van der Waals surface area contributed by atoms with Gasteiger partial charge in [0.05, 0.1) is 43.7 Å². The van der Waals surface area contributed by atoms with Crippen molar-refractivity contribution < 1.29 is 19.0 Å². The van der Waals surface area contributed by atoms with Gasteiger partial charge in [-0.15, -0.1) is 0 Å². The van der Waals surface area contributed by atoms with E-state index in [-0.39, 0.29) is 5.91 Å². The predicted molar refractivity (Wildman–Crippen MR) is 140 cm³/mol. The zero-order valence-corrected chi connectivity index (χ0v) is 20.5. The number of carbonyl (C=O) groups excluding carboxylic acids is 1. The molecule has 5 rings (SSSR count). The van der Waals surface area contributed by atoms with Crippen molar-refractivity contribution >= 4 is 22.4 Å². The zero-order chi connectivity index (χ0) is 25.1. The lowest BCUT2D eigenvalue weighted by molar-refractivity contribution is 0.0775. The van der Waals surface area contributed by atoms with Crippen LogP contribution >= 0.6 is 0 Å². The highest BCUT2D eigenvalue weighted by Gasteiger charge is 2.25.